The van der Waals surface area contributed by atoms with Crippen LogP contribution in [0.1, 0.15) is 25.8 Å². The van der Waals surface area contributed by atoms with Gasteiger partial charge in [0.1, 0.15) is 0 Å². The lowest BCUT2D eigenvalue weighted by molar-refractivity contribution is 0.567. The van der Waals surface area contributed by atoms with Crippen molar-refractivity contribution < 1.29 is 4.39 Å². The third kappa shape index (κ3) is 3.34. The van der Waals surface area contributed by atoms with Crippen molar-refractivity contribution in [3.63, 3.8) is 0 Å². The highest BCUT2D eigenvalue weighted by molar-refractivity contribution is 6.17. The molecule has 2 nitrogen and oxygen atoms in total. The Morgan fingerprint density at radius 3 is 2.75 bits per heavy atom. The Morgan fingerprint density at radius 2 is 2.19 bits per heavy atom. The van der Waals surface area contributed by atoms with E-state index in [1.807, 2.05) is 11.9 Å². The molecule has 0 bridgehead atoms. The maximum Gasteiger partial charge on any atom is 0.170 e. The largest absolute Gasteiger partial charge is 0.357 e. The fourth-order valence-corrected chi connectivity index (χ4v) is 1.60. The van der Waals surface area contributed by atoms with Gasteiger partial charge in [-0.3, -0.25) is 0 Å². The first-order valence-corrected chi connectivity index (χ1v) is 6.00. The molecule has 0 saturated carbocycles. The molecule has 0 atom stereocenters. The van der Waals surface area contributed by atoms with E-state index in [0.717, 1.165) is 13.0 Å². The van der Waals surface area contributed by atoms with E-state index in [2.05, 4.69) is 18.8 Å². The van der Waals surface area contributed by atoms with Crippen LogP contribution in [0.5, 0.6) is 0 Å². The summed E-state index contributed by atoms with van der Waals surface area (Å²) in [5.74, 6) is 0.864. The van der Waals surface area contributed by atoms with Gasteiger partial charge in [0.25, 0.3) is 0 Å². The molecule has 1 rings (SSSR count). The van der Waals surface area contributed by atoms with Crippen LogP contribution in [0.2, 0.25) is 0 Å². The minimum absolute atomic E-state index is 0.180. The highest BCUT2D eigenvalue weighted by atomic mass is 35.5. The van der Waals surface area contributed by atoms with Crippen molar-refractivity contribution in [3.05, 3.63) is 23.6 Å². The molecule has 1 aromatic heterocycles. The average Bonchev–Trinajstić information content (AvgIpc) is 2.26. The smallest absolute Gasteiger partial charge is 0.170 e. The van der Waals surface area contributed by atoms with Gasteiger partial charge in [0.15, 0.2) is 11.6 Å². The van der Waals surface area contributed by atoms with Gasteiger partial charge in [-0.25, -0.2) is 9.37 Å². The van der Waals surface area contributed by atoms with Crippen molar-refractivity contribution in [1.29, 1.82) is 0 Å². The molecule has 0 fully saturated rings. The van der Waals surface area contributed by atoms with Crippen molar-refractivity contribution >= 4 is 17.4 Å². The van der Waals surface area contributed by atoms with E-state index >= 15 is 0 Å². The van der Waals surface area contributed by atoms with Gasteiger partial charge in [0, 0.05) is 25.4 Å². The average molecular weight is 245 g/mol. The second-order valence-electron chi connectivity index (χ2n) is 4.35. The van der Waals surface area contributed by atoms with Crippen molar-refractivity contribution in [2.24, 2.45) is 5.92 Å². The molecule has 0 aromatic carbocycles. The second kappa shape index (κ2) is 6.04. The van der Waals surface area contributed by atoms with Gasteiger partial charge in [-0.1, -0.05) is 13.8 Å². The number of alkyl halides is 1. The molecule has 0 saturated heterocycles. The maximum absolute atomic E-state index is 13.9. The van der Waals surface area contributed by atoms with Gasteiger partial charge >= 0.3 is 0 Å². The van der Waals surface area contributed by atoms with Crippen molar-refractivity contribution in [2.75, 3.05) is 18.5 Å². The molecule has 1 heterocycles. The van der Waals surface area contributed by atoms with Crippen LogP contribution in [-0.4, -0.2) is 18.6 Å². The SMILES string of the molecule is CC(C)CCN(C)c1nccc(CCl)c1F. The number of nitrogens with zero attached hydrogens (tertiary/aromatic N) is 2. The van der Waals surface area contributed by atoms with E-state index in [1.165, 1.54) is 0 Å². The van der Waals surface area contributed by atoms with Gasteiger partial charge < -0.3 is 4.90 Å². The summed E-state index contributed by atoms with van der Waals surface area (Å²) in [5, 5.41) is 0. The summed E-state index contributed by atoms with van der Waals surface area (Å²) in [6, 6.07) is 1.61. The molecule has 0 aliphatic carbocycles. The van der Waals surface area contributed by atoms with Crippen molar-refractivity contribution in [2.45, 2.75) is 26.1 Å². The van der Waals surface area contributed by atoms with E-state index in [0.29, 0.717) is 17.3 Å². The van der Waals surface area contributed by atoms with Crippen LogP contribution < -0.4 is 4.90 Å². The molecule has 0 amide bonds. The van der Waals surface area contributed by atoms with Gasteiger partial charge in [-0.15, -0.1) is 11.6 Å². The summed E-state index contributed by atoms with van der Waals surface area (Å²) in [4.78, 5) is 5.90. The molecule has 1 aromatic rings. The number of hydrogen-bond donors (Lipinski definition) is 0. The Kier molecular flexibility index (Phi) is 5.00. The zero-order valence-corrected chi connectivity index (χ0v) is 10.8. The lowest BCUT2D eigenvalue weighted by atomic mass is 10.1. The summed E-state index contributed by atoms with van der Waals surface area (Å²) < 4.78 is 13.9. The van der Waals surface area contributed by atoms with Crippen LogP contribution in [0.25, 0.3) is 0 Å². The first-order valence-electron chi connectivity index (χ1n) is 5.46. The second-order valence-corrected chi connectivity index (χ2v) is 4.61. The number of aromatic nitrogens is 1. The zero-order chi connectivity index (χ0) is 12.1. The third-order valence-corrected chi connectivity index (χ3v) is 2.79. The Morgan fingerprint density at radius 1 is 1.50 bits per heavy atom. The lowest BCUT2D eigenvalue weighted by Gasteiger charge is -2.20. The molecule has 0 aliphatic heterocycles. The summed E-state index contributed by atoms with van der Waals surface area (Å²) in [5.41, 5.74) is 0.503. The minimum atomic E-state index is -0.302. The van der Waals surface area contributed by atoms with E-state index in [4.69, 9.17) is 11.6 Å². The van der Waals surface area contributed by atoms with Crippen LogP contribution in [0.3, 0.4) is 0 Å². The van der Waals surface area contributed by atoms with E-state index in [9.17, 15) is 4.39 Å². The molecular formula is C12H18ClFN2. The Balaban J connectivity index is 2.78. The number of hydrogen-bond acceptors (Lipinski definition) is 2. The molecule has 0 N–H and O–H groups in total. The van der Waals surface area contributed by atoms with Crippen molar-refractivity contribution in [3.8, 4) is 0 Å². The Labute approximate surface area is 101 Å². The number of pyridine rings is 1. The zero-order valence-electron chi connectivity index (χ0n) is 10.0. The molecule has 0 aliphatic rings. The predicted molar refractivity (Wildman–Crippen MR) is 66.5 cm³/mol. The van der Waals surface area contributed by atoms with E-state index in [-0.39, 0.29) is 11.7 Å². The quantitative estimate of drug-likeness (QED) is 0.738. The van der Waals surface area contributed by atoms with Crippen LogP contribution in [-0.2, 0) is 5.88 Å². The summed E-state index contributed by atoms with van der Waals surface area (Å²) in [7, 11) is 1.85. The maximum atomic E-state index is 13.9. The van der Waals surface area contributed by atoms with Crippen LogP contribution in [0, 0.1) is 11.7 Å². The highest BCUT2D eigenvalue weighted by Gasteiger charge is 2.12. The fourth-order valence-electron chi connectivity index (χ4n) is 1.40. The predicted octanol–water partition coefficient (Wildman–Crippen LogP) is 3.44. The first-order chi connectivity index (χ1) is 7.56. The number of rotatable bonds is 5. The number of halogens is 2. The highest BCUT2D eigenvalue weighted by Crippen LogP contribution is 2.20. The molecule has 16 heavy (non-hydrogen) atoms. The third-order valence-electron chi connectivity index (χ3n) is 2.50. The summed E-state index contributed by atoms with van der Waals surface area (Å²) in [6.45, 7) is 5.09. The Hall–Kier alpha value is -0.830. The summed E-state index contributed by atoms with van der Waals surface area (Å²) >= 11 is 5.65. The van der Waals surface area contributed by atoms with Crippen molar-refractivity contribution in [1.82, 2.24) is 4.98 Å². The van der Waals surface area contributed by atoms with E-state index < -0.39 is 0 Å². The first kappa shape index (κ1) is 13.2. The van der Waals surface area contributed by atoms with Gasteiger partial charge in [0.2, 0.25) is 0 Å². The standard InChI is InChI=1S/C12H18ClFN2/c1-9(2)5-7-16(3)12-11(14)10(8-13)4-6-15-12/h4,6,9H,5,7-8H2,1-3H3. The molecule has 0 radical (unpaired) electrons. The topological polar surface area (TPSA) is 16.1 Å². The summed E-state index contributed by atoms with van der Waals surface area (Å²) in [6.07, 6.45) is 2.62. The lowest BCUT2D eigenvalue weighted by Crippen LogP contribution is -2.22. The normalized spacial score (nSPS) is 10.9. The van der Waals surface area contributed by atoms with Crippen LogP contribution in [0.15, 0.2) is 12.3 Å². The fraction of sp³-hybridized carbons (Fsp3) is 0.583. The van der Waals surface area contributed by atoms with Gasteiger partial charge in [-0.05, 0) is 18.4 Å². The Bertz CT molecular complexity index is 342. The molecule has 90 valence electrons. The number of anilines is 1. The molecule has 0 spiro atoms. The van der Waals surface area contributed by atoms with E-state index in [1.54, 1.807) is 12.3 Å². The molecule has 0 unspecified atom stereocenters. The van der Waals surface area contributed by atoms with Crippen LogP contribution >= 0.6 is 11.6 Å². The molecule has 4 heteroatoms. The van der Waals surface area contributed by atoms with Crippen LogP contribution in [0.4, 0.5) is 10.2 Å². The molecular weight excluding hydrogens is 227 g/mol. The van der Waals surface area contributed by atoms with Gasteiger partial charge in [0.05, 0.1) is 5.88 Å². The monoisotopic (exact) mass is 244 g/mol. The van der Waals surface area contributed by atoms with Gasteiger partial charge in [-0.2, -0.15) is 0 Å². The minimum Gasteiger partial charge on any atom is -0.357 e.